The molecule has 0 radical (unpaired) electrons. The predicted octanol–water partition coefficient (Wildman–Crippen LogP) is 1.10. The van der Waals surface area contributed by atoms with Crippen LogP contribution in [0.1, 0.15) is 0 Å². The summed E-state index contributed by atoms with van der Waals surface area (Å²) in [6.07, 6.45) is -4.56. The third-order valence-corrected chi connectivity index (χ3v) is 1.59. The van der Waals surface area contributed by atoms with Gasteiger partial charge in [-0.1, -0.05) is 0 Å². The molecule has 10 heteroatoms. The number of nitrogen functional groups attached to an aromatic ring is 2. The molecule has 0 bridgehead atoms. The minimum atomic E-state index is -4.56. The number of nitrogens with two attached hydrogens (primary N) is 2. The van der Waals surface area contributed by atoms with E-state index in [2.05, 4.69) is 9.72 Å². The molecule has 0 aliphatic heterocycles. The second kappa shape index (κ2) is 4.31. The summed E-state index contributed by atoms with van der Waals surface area (Å²) in [6, 6.07) is 0.786. The van der Waals surface area contributed by atoms with Gasteiger partial charge in [0.2, 0.25) is 11.7 Å². The van der Waals surface area contributed by atoms with Gasteiger partial charge in [0.1, 0.15) is 5.69 Å². The first-order chi connectivity index (χ1) is 7.70. The van der Waals surface area contributed by atoms with Gasteiger partial charge >= 0.3 is 11.9 Å². The zero-order chi connectivity index (χ0) is 13.2. The van der Waals surface area contributed by atoms with Crippen LogP contribution in [0.25, 0.3) is 0 Å². The number of ether oxygens (including phenoxy) is 1. The number of halogens is 3. The molecule has 17 heavy (non-hydrogen) atoms. The highest BCUT2D eigenvalue weighted by Crippen LogP contribution is 2.29. The Bertz CT molecular complexity index is 449. The Hall–Kier alpha value is -2.26. The first-order valence-electron chi connectivity index (χ1n) is 4.10. The van der Waals surface area contributed by atoms with Crippen LogP contribution in [-0.2, 0) is 0 Å². The van der Waals surface area contributed by atoms with Gasteiger partial charge in [-0.25, -0.2) is 0 Å². The Morgan fingerprint density at radius 1 is 1.47 bits per heavy atom. The van der Waals surface area contributed by atoms with Crippen molar-refractivity contribution in [3.05, 3.63) is 16.2 Å². The van der Waals surface area contributed by atoms with E-state index in [0.717, 1.165) is 6.07 Å². The van der Waals surface area contributed by atoms with Crippen LogP contribution in [0.15, 0.2) is 6.07 Å². The Balaban J connectivity index is 2.96. The van der Waals surface area contributed by atoms with Crippen molar-refractivity contribution < 1.29 is 22.8 Å². The first kappa shape index (κ1) is 12.8. The minimum absolute atomic E-state index is 0.393. The Morgan fingerprint density at radius 3 is 2.53 bits per heavy atom. The smallest absolute Gasteiger partial charge is 0.422 e. The number of anilines is 2. The molecule has 0 fully saturated rings. The number of pyridine rings is 1. The maximum Gasteiger partial charge on any atom is 0.422 e. The highest BCUT2D eigenvalue weighted by atomic mass is 19.4. The lowest BCUT2D eigenvalue weighted by molar-refractivity contribution is -0.384. The Morgan fingerprint density at radius 2 is 2.06 bits per heavy atom. The number of nitro groups is 1. The van der Waals surface area contributed by atoms with Crippen LogP contribution in [0, 0.1) is 10.1 Å². The molecule has 1 rings (SSSR count). The van der Waals surface area contributed by atoms with E-state index in [0.29, 0.717) is 0 Å². The van der Waals surface area contributed by atoms with Crippen molar-refractivity contribution in [1.82, 2.24) is 4.98 Å². The molecule has 1 heterocycles. The lowest BCUT2D eigenvalue weighted by Gasteiger charge is -2.10. The number of hydrogen-bond donors (Lipinski definition) is 2. The van der Waals surface area contributed by atoms with Crippen molar-refractivity contribution in [1.29, 1.82) is 0 Å². The number of nitrogens with zero attached hydrogens (tertiary/aromatic N) is 2. The molecule has 1 aromatic rings. The van der Waals surface area contributed by atoms with E-state index < -0.39 is 40.8 Å². The van der Waals surface area contributed by atoms with Gasteiger partial charge in [0, 0.05) is 6.07 Å². The SMILES string of the molecule is Nc1cc([N+](=O)[O-])c(N)nc1OCC(F)(F)F. The maximum absolute atomic E-state index is 11.8. The van der Waals surface area contributed by atoms with Crippen LogP contribution in [0.3, 0.4) is 0 Å². The molecule has 0 unspecified atom stereocenters. The number of hydrogen-bond acceptors (Lipinski definition) is 6. The maximum atomic E-state index is 11.8. The minimum Gasteiger partial charge on any atom is -0.466 e. The number of rotatable bonds is 3. The summed E-state index contributed by atoms with van der Waals surface area (Å²) in [5, 5.41) is 10.4. The molecule has 0 amide bonds. The summed E-state index contributed by atoms with van der Waals surface area (Å²) in [6.45, 7) is -1.61. The summed E-state index contributed by atoms with van der Waals surface area (Å²) in [7, 11) is 0. The van der Waals surface area contributed by atoms with Crippen LogP contribution < -0.4 is 16.2 Å². The second-order valence-corrected chi connectivity index (χ2v) is 2.95. The molecule has 0 spiro atoms. The van der Waals surface area contributed by atoms with E-state index in [1.54, 1.807) is 0 Å². The molecule has 4 N–H and O–H groups in total. The number of alkyl halides is 3. The Labute approximate surface area is 92.3 Å². The van der Waals surface area contributed by atoms with E-state index in [1.807, 2.05) is 0 Å². The monoisotopic (exact) mass is 252 g/mol. The van der Waals surface area contributed by atoms with Crippen molar-refractivity contribution in [3.8, 4) is 5.88 Å². The lowest BCUT2D eigenvalue weighted by atomic mass is 10.3. The molecular weight excluding hydrogens is 245 g/mol. The molecule has 94 valence electrons. The molecule has 0 saturated heterocycles. The summed E-state index contributed by atoms with van der Waals surface area (Å²) in [4.78, 5) is 12.8. The molecular formula is C7H7F3N4O3. The molecule has 0 saturated carbocycles. The number of aromatic nitrogens is 1. The van der Waals surface area contributed by atoms with Gasteiger partial charge in [-0.05, 0) is 0 Å². The highest BCUT2D eigenvalue weighted by molar-refractivity contribution is 5.64. The van der Waals surface area contributed by atoms with Gasteiger partial charge in [-0.3, -0.25) is 10.1 Å². The summed E-state index contributed by atoms with van der Waals surface area (Å²) in [5.74, 6) is -1.16. The van der Waals surface area contributed by atoms with Gasteiger partial charge < -0.3 is 16.2 Å². The zero-order valence-electron chi connectivity index (χ0n) is 8.19. The highest BCUT2D eigenvalue weighted by Gasteiger charge is 2.29. The summed E-state index contributed by atoms with van der Waals surface area (Å²) < 4.78 is 39.8. The van der Waals surface area contributed by atoms with Crippen LogP contribution >= 0.6 is 0 Å². The molecule has 0 atom stereocenters. The largest absolute Gasteiger partial charge is 0.466 e. The van der Waals surface area contributed by atoms with Crippen LogP contribution in [0.5, 0.6) is 5.88 Å². The molecule has 0 aliphatic carbocycles. The van der Waals surface area contributed by atoms with E-state index in [1.165, 1.54) is 0 Å². The van der Waals surface area contributed by atoms with Crippen LogP contribution in [-0.4, -0.2) is 22.7 Å². The van der Waals surface area contributed by atoms with Crippen molar-refractivity contribution in [2.45, 2.75) is 6.18 Å². The third kappa shape index (κ3) is 3.36. The van der Waals surface area contributed by atoms with E-state index in [4.69, 9.17) is 11.5 Å². The van der Waals surface area contributed by atoms with Gasteiger partial charge in [-0.2, -0.15) is 18.2 Å². The van der Waals surface area contributed by atoms with E-state index >= 15 is 0 Å². The average Bonchev–Trinajstić information content (AvgIpc) is 2.17. The van der Waals surface area contributed by atoms with Gasteiger partial charge in [0.15, 0.2) is 6.61 Å². The molecule has 0 aromatic carbocycles. The molecule has 7 nitrogen and oxygen atoms in total. The first-order valence-corrected chi connectivity index (χ1v) is 4.10. The topological polar surface area (TPSA) is 117 Å². The molecule has 1 aromatic heterocycles. The van der Waals surface area contributed by atoms with E-state index in [9.17, 15) is 23.3 Å². The summed E-state index contributed by atoms with van der Waals surface area (Å²) >= 11 is 0. The molecule has 0 aliphatic rings. The third-order valence-electron chi connectivity index (χ3n) is 1.59. The zero-order valence-corrected chi connectivity index (χ0v) is 8.19. The van der Waals surface area contributed by atoms with Crippen molar-refractivity contribution >= 4 is 17.2 Å². The fraction of sp³-hybridized carbons (Fsp3) is 0.286. The fourth-order valence-electron chi connectivity index (χ4n) is 0.926. The second-order valence-electron chi connectivity index (χ2n) is 2.95. The lowest BCUT2D eigenvalue weighted by Crippen LogP contribution is -2.20. The average molecular weight is 252 g/mol. The predicted molar refractivity (Wildman–Crippen MR) is 51.3 cm³/mol. The fourth-order valence-corrected chi connectivity index (χ4v) is 0.926. The Kier molecular flexibility index (Phi) is 3.25. The van der Waals surface area contributed by atoms with E-state index in [-0.39, 0.29) is 0 Å². The van der Waals surface area contributed by atoms with Crippen molar-refractivity contribution in [3.63, 3.8) is 0 Å². The van der Waals surface area contributed by atoms with Crippen LogP contribution in [0.2, 0.25) is 0 Å². The normalized spacial score (nSPS) is 11.2. The quantitative estimate of drug-likeness (QED) is 0.614. The van der Waals surface area contributed by atoms with Crippen molar-refractivity contribution in [2.75, 3.05) is 18.1 Å². The van der Waals surface area contributed by atoms with Gasteiger partial charge in [0.05, 0.1) is 4.92 Å². The standard InChI is InChI=1S/C7H7F3N4O3/c8-7(9,10)2-17-6-3(11)1-4(14(15)16)5(12)13-6/h1H,2,11H2,(H2,12,13). The van der Waals surface area contributed by atoms with Crippen LogP contribution in [0.4, 0.5) is 30.4 Å². The van der Waals surface area contributed by atoms with Crippen molar-refractivity contribution in [2.24, 2.45) is 0 Å². The van der Waals surface area contributed by atoms with Gasteiger partial charge in [0.25, 0.3) is 0 Å². The van der Waals surface area contributed by atoms with Gasteiger partial charge in [-0.15, -0.1) is 0 Å². The summed E-state index contributed by atoms with van der Waals surface area (Å²) in [5.41, 5.74) is 9.41.